The van der Waals surface area contributed by atoms with Crippen molar-refractivity contribution in [2.75, 3.05) is 32.7 Å². The van der Waals surface area contributed by atoms with E-state index in [0.717, 1.165) is 32.0 Å². The Hall–Kier alpha value is -2.42. The summed E-state index contributed by atoms with van der Waals surface area (Å²) in [5, 5.41) is 0.176. The molecule has 0 spiro atoms. The van der Waals surface area contributed by atoms with E-state index in [2.05, 4.69) is 9.88 Å². The van der Waals surface area contributed by atoms with Gasteiger partial charge in [0.25, 0.3) is 5.56 Å². The SMILES string of the molecule is O=C(C1CC1)N1CCN(CCn2ccc3nc(C(F)(F)F)ccc3c2=O)CC1. The molecule has 2 aromatic rings. The number of hydrogen-bond acceptors (Lipinski definition) is 4. The van der Waals surface area contributed by atoms with Crippen molar-refractivity contribution in [2.45, 2.75) is 25.6 Å². The second kappa shape index (κ2) is 7.20. The molecule has 1 aliphatic heterocycles. The lowest BCUT2D eigenvalue weighted by atomic mass is 10.2. The number of hydrogen-bond donors (Lipinski definition) is 0. The number of carbonyl (C=O) groups excluding carboxylic acids is 1. The van der Waals surface area contributed by atoms with Crippen LogP contribution in [0, 0.1) is 5.92 Å². The molecule has 3 heterocycles. The summed E-state index contributed by atoms with van der Waals surface area (Å²) in [6.45, 7) is 4.00. The van der Waals surface area contributed by atoms with Crippen LogP contribution in [0.1, 0.15) is 18.5 Å². The molecule has 0 radical (unpaired) electrons. The molecular weight excluding hydrogens is 373 g/mol. The highest BCUT2D eigenvalue weighted by molar-refractivity contribution is 5.81. The first kappa shape index (κ1) is 18.9. The van der Waals surface area contributed by atoms with Gasteiger partial charge in [-0.3, -0.25) is 14.5 Å². The van der Waals surface area contributed by atoms with Gasteiger partial charge in [0.05, 0.1) is 10.9 Å². The Bertz CT molecular complexity index is 944. The average molecular weight is 394 g/mol. The van der Waals surface area contributed by atoms with Crippen LogP contribution < -0.4 is 5.56 Å². The van der Waals surface area contributed by atoms with Gasteiger partial charge in [-0.15, -0.1) is 0 Å². The van der Waals surface area contributed by atoms with Crippen molar-refractivity contribution in [2.24, 2.45) is 5.92 Å². The molecule has 4 rings (SSSR count). The van der Waals surface area contributed by atoms with Crippen molar-refractivity contribution in [1.82, 2.24) is 19.4 Å². The van der Waals surface area contributed by atoms with Crippen molar-refractivity contribution >= 4 is 16.8 Å². The minimum atomic E-state index is -4.54. The molecule has 9 heteroatoms. The molecule has 0 bridgehead atoms. The van der Waals surface area contributed by atoms with Gasteiger partial charge in [0.15, 0.2) is 0 Å². The molecular formula is C19H21F3N4O2. The number of amides is 1. The van der Waals surface area contributed by atoms with E-state index in [1.165, 1.54) is 22.9 Å². The first-order valence-electron chi connectivity index (χ1n) is 9.41. The Balaban J connectivity index is 1.39. The van der Waals surface area contributed by atoms with Crippen LogP contribution in [0.5, 0.6) is 0 Å². The van der Waals surface area contributed by atoms with E-state index in [1.807, 2.05) is 4.90 Å². The summed E-state index contributed by atoms with van der Waals surface area (Å²) in [6.07, 6.45) is -1.04. The minimum Gasteiger partial charge on any atom is -0.340 e. The molecule has 6 nitrogen and oxygen atoms in total. The highest BCUT2D eigenvalue weighted by Crippen LogP contribution is 2.31. The Morgan fingerprint density at radius 2 is 1.79 bits per heavy atom. The van der Waals surface area contributed by atoms with E-state index in [4.69, 9.17) is 0 Å². The number of carbonyl (C=O) groups is 1. The molecule has 0 aromatic carbocycles. The van der Waals surface area contributed by atoms with Gasteiger partial charge in [0.2, 0.25) is 5.91 Å². The highest BCUT2D eigenvalue weighted by Gasteiger charge is 2.34. The lowest BCUT2D eigenvalue weighted by Gasteiger charge is -2.35. The standard InChI is InChI=1S/C19H21F3N4O2/c20-19(21,22)16-4-3-14-15(23-16)5-6-25(18(14)28)10-7-24-8-11-26(12-9-24)17(27)13-1-2-13/h3-6,13H,1-2,7-12H2. The van der Waals surface area contributed by atoms with Gasteiger partial charge in [0.1, 0.15) is 5.69 Å². The Morgan fingerprint density at radius 3 is 2.43 bits per heavy atom. The number of rotatable bonds is 4. The van der Waals surface area contributed by atoms with E-state index >= 15 is 0 Å². The highest BCUT2D eigenvalue weighted by atomic mass is 19.4. The average Bonchev–Trinajstić information content (AvgIpc) is 3.52. The molecule has 2 aliphatic rings. The lowest BCUT2D eigenvalue weighted by molar-refractivity contribution is -0.141. The van der Waals surface area contributed by atoms with E-state index in [9.17, 15) is 22.8 Å². The first-order chi connectivity index (χ1) is 13.3. The van der Waals surface area contributed by atoms with Gasteiger partial charge in [-0.1, -0.05) is 0 Å². The summed E-state index contributed by atoms with van der Waals surface area (Å²) in [5.74, 6) is 0.491. The third-order valence-electron chi connectivity index (χ3n) is 5.39. The fourth-order valence-electron chi connectivity index (χ4n) is 3.53. The number of aromatic nitrogens is 2. The summed E-state index contributed by atoms with van der Waals surface area (Å²) in [7, 11) is 0. The smallest absolute Gasteiger partial charge is 0.340 e. The zero-order chi connectivity index (χ0) is 19.9. The Kier molecular flexibility index (Phi) is 4.86. The largest absolute Gasteiger partial charge is 0.433 e. The quantitative estimate of drug-likeness (QED) is 0.796. The predicted octanol–water partition coefficient (Wildman–Crippen LogP) is 1.97. The van der Waals surface area contributed by atoms with Crippen LogP contribution in [-0.4, -0.2) is 58.0 Å². The molecule has 1 saturated heterocycles. The van der Waals surface area contributed by atoms with E-state index in [-0.39, 0.29) is 28.3 Å². The van der Waals surface area contributed by atoms with Gasteiger partial charge in [0, 0.05) is 51.4 Å². The van der Waals surface area contributed by atoms with Crippen LogP contribution in [-0.2, 0) is 17.5 Å². The zero-order valence-electron chi connectivity index (χ0n) is 15.3. The van der Waals surface area contributed by atoms with Crippen LogP contribution in [0.3, 0.4) is 0 Å². The van der Waals surface area contributed by atoms with Gasteiger partial charge in [-0.2, -0.15) is 13.2 Å². The monoisotopic (exact) mass is 394 g/mol. The second-order valence-corrected chi connectivity index (χ2v) is 7.38. The number of halogens is 3. The third kappa shape index (κ3) is 3.89. The van der Waals surface area contributed by atoms with Gasteiger partial charge in [-0.05, 0) is 31.0 Å². The van der Waals surface area contributed by atoms with Crippen molar-refractivity contribution in [1.29, 1.82) is 0 Å². The summed E-state index contributed by atoms with van der Waals surface area (Å²) >= 11 is 0. The molecule has 1 amide bonds. The maximum atomic E-state index is 12.8. The maximum absolute atomic E-state index is 12.8. The predicted molar refractivity (Wildman–Crippen MR) is 96.7 cm³/mol. The molecule has 1 saturated carbocycles. The molecule has 1 aliphatic carbocycles. The molecule has 0 unspecified atom stereocenters. The molecule has 150 valence electrons. The van der Waals surface area contributed by atoms with Crippen molar-refractivity contribution in [3.63, 3.8) is 0 Å². The molecule has 2 aromatic heterocycles. The van der Waals surface area contributed by atoms with Crippen molar-refractivity contribution in [3.05, 3.63) is 40.4 Å². The third-order valence-corrected chi connectivity index (χ3v) is 5.39. The fraction of sp³-hybridized carbons (Fsp3) is 0.526. The van der Waals surface area contributed by atoms with Crippen molar-refractivity contribution < 1.29 is 18.0 Å². The van der Waals surface area contributed by atoms with Gasteiger partial charge in [-0.25, -0.2) is 4.98 Å². The molecule has 2 fully saturated rings. The van der Waals surface area contributed by atoms with Crippen LogP contribution in [0.2, 0.25) is 0 Å². The Morgan fingerprint density at radius 1 is 1.07 bits per heavy atom. The summed E-state index contributed by atoms with van der Waals surface area (Å²) in [4.78, 5) is 32.3. The number of pyridine rings is 2. The van der Waals surface area contributed by atoms with Gasteiger partial charge >= 0.3 is 6.18 Å². The van der Waals surface area contributed by atoms with Gasteiger partial charge < -0.3 is 9.47 Å². The molecule has 0 atom stereocenters. The first-order valence-corrected chi connectivity index (χ1v) is 9.41. The number of piperazine rings is 1. The zero-order valence-corrected chi connectivity index (χ0v) is 15.3. The van der Waals surface area contributed by atoms with Crippen LogP contribution >= 0.6 is 0 Å². The minimum absolute atomic E-state index is 0.0447. The topological polar surface area (TPSA) is 58.4 Å². The van der Waals surface area contributed by atoms with Crippen LogP contribution in [0.25, 0.3) is 10.9 Å². The Labute approximate surface area is 159 Å². The number of fused-ring (bicyclic) bond motifs is 1. The number of nitrogens with zero attached hydrogens (tertiary/aromatic N) is 4. The second-order valence-electron chi connectivity index (χ2n) is 7.38. The van der Waals surface area contributed by atoms with Crippen LogP contribution in [0.4, 0.5) is 13.2 Å². The summed E-state index contributed by atoms with van der Waals surface area (Å²) < 4.78 is 39.8. The normalized spacial score (nSPS) is 18.6. The summed E-state index contributed by atoms with van der Waals surface area (Å²) in [6, 6.07) is 3.47. The summed E-state index contributed by atoms with van der Waals surface area (Å²) in [5.41, 5.74) is -1.31. The number of alkyl halides is 3. The fourth-order valence-corrected chi connectivity index (χ4v) is 3.53. The van der Waals surface area contributed by atoms with Crippen molar-refractivity contribution in [3.8, 4) is 0 Å². The van der Waals surface area contributed by atoms with E-state index in [1.54, 1.807) is 0 Å². The molecule has 0 N–H and O–H groups in total. The maximum Gasteiger partial charge on any atom is 0.433 e. The molecule has 28 heavy (non-hydrogen) atoms. The van der Waals surface area contributed by atoms with Crippen LogP contribution in [0.15, 0.2) is 29.2 Å². The van der Waals surface area contributed by atoms with E-state index < -0.39 is 11.9 Å². The lowest BCUT2D eigenvalue weighted by Crippen LogP contribution is -2.50. The van der Waals surface area contributed by atoms with E-state index in [0.29, 0.717) is 26.2 Å².